The molecule has 0 bridgehead atoms. The lowest BCUT2D eigenvalue weighted by atomic mass is 10.2. The molecule has 0 atom stereocenters. The van der Waals surface area contributed by atoms with Gasteiger partial charge >= 0.3 is 5.69 Å². The van der Waals surface area contributed by atoms with Crippen molar-refractivity contribution in [3.8, 4) is 5.69 Å². The van der Waals surface area contributed by atoms with Crippen LogP contribution in [0.25, 0.3) is 16.6 Å². The molecule has 1 saturated carbocycles. The zero-order valence-electron chi connectivity index (χ0n) is 14.6. The van der Waals surface area contributed by atoms with E-state index in [-0.39, 0.29) is 5.69 Å². The van der Waals surface area contributed by atoms with Crippen molar-refractivity contribution in [2.24, 2.45) is 0 Å². The van der Waals surface area contributed by atoms with Gasteiger partial charge in [0.15, 0.2) is 0 Å². The second-order valence-electron chi connectivity index (χ2n) is 7.03. The van der Waals surface area contributed by atoms with Crippen LogP contribution in [-0.2, 0) is 4.57 Å². The minimum absolute atomic E-state index is 0.349. The lowest BCUT2D eigenvalue weighted by molar-refractivity contribution is 0.588. The summed E-state index contributed by atoms with van der Waals surface area (Å²) in [5, 5.41) is 4.98. The number of anilines is 1. The molecule has 1 aromatic heterocycles. The lowest BCUT2D eigenvalue weighted by Crippen LogP contribution is -2.24. The summed E-state index contributed by atoms with van der Waals surface area (Å²) in [6, 6.07) is 13.6. The summed E-state index contributed by atoms with van der Waals surface area (Å²) in [4.78, 5) is 17.1. The van der Waals surface area contributed by atoms with Gasteiger partial charge in [-0.25, -0.2) is 4.79 Å². The van der Waals surface area contributed by atoms with Gasteiger partial charge in [-0.15, -0.1) is 0 Å². The highest BCUT2D eigenvalue weighted by Gasteiger charge is 2.23. The first-order valence-electron chi connectivity index (χ1n) is 8.48. The first-order chi connectivity index (χ1) is 12.3. The van der Waals surface area contributed by atoms with Gasteiger partial charge in [-0.3, -0.25) is 4.57 Å². The smallest absolute Gasteiger partial charge is 0.354 e. The number of halogens is 1. The summed E-state index contributed by atoms with van der Waals surface area (Å²) in [5.74, 6) is 0.629. The van der Waals surface area contributed by atoms with Crippen LogP contribution < -0.4 is 16.3 Å². The maximum Gasteiger partial charge on any atom is 0.354 e. The van der Waals surface area contributed by atoms with Crippen molar-refractivity contribution in [2.75, 3.05) is 18.6 Å². The standard InChI is InChI=1S/C19H19BrN3O2P/c1-26(2,25)15-5-3-4-14(11-15)23-17-10-12(20)6-9-16(17)18(22-19(23)24)21-13-7-8-13/h3-6,9-11,13H,7-8H2,1-2H3,(H,21,22,24). The van der Waals surface area contributed by atoms with E-state index >= 15 is 0 Å². The zero-order chi connectivity index (χ0) is 18.5. The lowest BCUT2D eigenvalue weighted by Gasteiger charge is -2.15. The Labute approximate surface area is 160 Å². The maximum absolute atomic E-state index is 12.9. The fourth-order valence-electron chi connectivity index (χ4n) is 2.95. The van der Waals surface area contributed by atoms with Crippen LogP contribution in [0.2, 0.25) is 0 Å². The Balaban J connectivity index is 1.98. The second kappa shape index (κ2) is 6.36. The number of rotatable bonds is 4. The molecule has 3 aromatic rings. The molecule has 1 N–H and O–H groups in total. The molecule has 1 aliphatic carbocycles. The Bertz CT molecular complexity index is 1120. The second-order valence-corrected chi connectivity index (χ2v) is 11.2. The summed E-state index contributed by atoms with van der Waals surface area (Å²) in [6.07, 6.45) is 2.21. The minimum Gasteiger partial charge on any atom is -0.367 e. The average Bonchev–Trinajstić information content (AvgIpc) is 3.38. The highest BCUT2D eigenvalue weighted by atomic mass is 79.9. The Hall–Kier alpha value is -1.91. The number of hydrogen-bond acceptors (Lipinski definition) is 4. The van der Waals surface area contributed by atoms with E-state index in [0.29, 0.717) is 17.5 Å². The predicted octanol–water partition coefficient (Wildman–Crippen LogP) is 3.97. The molecule has 0 amide bonds. The van der Waals surface area contributed by atoms with Crippen LogP contribution in [-0.4, -0.2) is 28.9 Å². The monoisotopic (exact) mass is 431 g/mol. The van der Waals surface area contributed by atoms with E-state index in [4.69, 9.17) is 0 Å². The van der Waals surface area contributed by atoms with Crippen LogP contribution in [0.5, 0.6) is 0 Å². The molecule has 7 heteroatoms. The maximum atomic E-state index is 12.9. The third-order valence-electron chi connectivity index (χ3n) is 4.48. The highest BCUT2D eigenvalue weighted by molar-refractivity contribution is 9.10. The first kappa shape index (κ1) is 17.5. The van der Waals surface area contributed by atoms with Gasteiger partial charge in [0.1, 0.15) is 13.0 Å². The molecule has 0 saturated heterocycles. The number of benzene rings is 2. The van der Waals surface area contributed by atoms with Crippen LogP contribution in [0.1, 0.15) is 12.8 Å². The predicted molar refractivity (Wildman–Crippen MR) is 111 cm³/mol. The summed E-state index contributed by atoms with van der Waals surface area (Å²) in [7, 11) is -2.43. The van der Waals surface area contributed by atoms with Crippen molar-refractivity contribution in [3.05, 3.63) is 57.4 Å². The van der Waals surface area contributed by atoms with Crippen molar-refractivity contribution in [2.45, 2.75) is 18.9 Å². The molecule has 1 aliphatic rings. The normalized spacial score (nSPS) is 14.6. The third-order valence-corrected chi connectivity index (χ3v) is 6.50. The van der Waals surface area contributed by atoms with Crippen LogP contribution in [0.4, 0.5) is 5.82 Å². The summed E-state index contributed by atoms with van der Waals surface area (Å²) in [5.41, 5.74) is 1.09. The first-order valence-corrected chi connectivity index (χ1v) is 11.9. The van der Waals surface area contributed by atoms with Crippen molar-refractivity contribution in [1.82, 2.24) is 9.55 Å². The quantitative estimate of drug-likeness (QED) is 0.634. The van der Waals surface area contributed by atoms with E-state index in [1.54, 1.807) is 17.9 Å². The van der Waals surface area contributed by atoms with E-state index in [9.17, 15) is 9.36 Å². The van der Waals surface area contributed by atoms with Crippen LogP contribution >= 0.6 is 23.1 Å². The van der Waals surface area contributed by atoms with E-state index in [1.165, 1.54) is 0 Å². The van der Waals surface area contributed by atoms with Gasteiger partial charge < -0.3 is 9.88 Å². The van der Waals surface area contributed by atoms with Crippen molar-refractivity contribution in [3.63, 3.8) is 0 Å². The van der Waals surface area contributed by atoms with Gasteiger partial charge in [0.05, 0.1) is 11.2 Å². The Morgan fingerprint density at radius 3 is 2.65 bits per heavy atom. The van der Waals surface area contributed by atoms with Gasteiger partial charge in [0, 0.05) is 21.2 Å². The Morgan fingerprint density at radius 1 is 1.19 bits per heavy atom. The zero-order valence-corrected chi connectivity index (χ0v) is 17.0. The molecule has 1 heterocycles. The molecular formula is C19H19BrN3O2P. The molecule has 0 spiro atoms. The number of hydrogen-bond donors (Lipinski definition) is 1. The summed E-state index contributed by atoms with van der Waals surface area (Å²) in [6.45, 7) is 3.45. The SMILES string of the molecule is CP(C)(=O)c1cccc(-n2c(=O)nc(NC3CC3)c3ccc(Br)cc32)c1. The molecule has 0 radical (unpaired) electrons. The molecule has 0 aliphatic heterocycles. The van der Waals surface area contributed by atoms with Crippen molar-refractivity contribution < 1.29 is 4.57 Å². The molecule has 2 aromatic carbocycles. The Kier molecular flexibility index (Phi) is 4.28. The van der Waals surface area contributed by atoms with Crippen LogP contribution in [0, 0.1) is 0 Å². The van der Waals surface area contributed by atoms with Gasteiger partial charge in [-0.1, -0.05) is 28.1 Å². The number of aromatic nitrogens is 2. The topological polar surface area (TPSA) is 64.0 Å². The highest BCUT2D eigenvalue weighted by Crippen LogP contribution is 2.35. The van der Waals surface area contributed by atoms with E-state index in [2.05, 4.69) is 26.2 Å². The van der Waals surface area contributed by atoms with Gasteiger partial charge in [0.25, 0.3) is 0 Å². The van der Waals surface area contributed by atoms with Crippen molar-refractivity contribution in [1.29, 1.82) is 0 Å². The number of nitrogens with one attached hydrogen (secondary N) is 1. The molecule has 134 valence electrons. The van der Waals surface area contributed by atoms with Crippen LogP contribution in [0.3, 0.4) is 0 Å². The van der Waals surface area contributed by atoms with Crippen molar-refractivity contribution >= 4 is 45.1 Å². The average molecular weight is 432 g/mol. The van der Waals surface area contributed by atoms with Crippen LogP contribution in [0.15, 0.2) is 51.7 Å². The Morgan fingerprint density at radius 2 is 1.96 bits per heavy atom. The fraction of sp³-hybridized carbons (Fsp3) is 0.263. The fourth-order valence-corrected chi connectivity index (χ4v) is 4.18. The number of fused-ring (bicyclic) bond motifs is 1. The molecule has 4 rings (SSSR count). The minimum atomic E-state index is -2.43. The molecule has 1 fully saturated rings. The molecule has 5 nitrogen and oxygen atoms in total. The third kappa shape index (κ3) is 3.36. The van der Waals surface area contributed by atoms with Gasteiger partial charge in [-0.2, -0.15) is 4.98 Å². The summed E-state index contributed by atoms with van der Waals surface area (Å²) < 4.78 is 14.9. The summed E-state index contributed by atoms with van der Waals surface area (Å²) >= 11 is 3.50. The molecule has 0 unspecified atom stereocenters. The van der Waals surface area contributed by atoms with E-state index < -0.39 is 7.14 Å². The van der Waals surface area contributed by atoms with E-state index in [1.807, 2.05) is 42.5 Å². The van der Waals surface area contributed by atoms with Gasteiger partial charge in [-0.05, 0) is 56.5 Å². The van der Waals surface area contributed by atoms with E-state index in [0.717, 1.165) is 33.5 Å². The molecule has 26 heavy (non-hydrogen) atoms. The molecular weight excluding hydrogens is 413 g/mol. The largest absolute Gasteiger partial charge is 0.367 e. The van der Waals surface area contributed by atoms with Gasteiger partial charge in [0.2, 0.25) is 0 Å². The number of nitrogens with zero attached hydrogens (tertiary/aromatic N) is 2.